The molecule has 0 aromatic carbocycles. The van der Waals surface area contributed by atoms with Gasteiger partial charge in [-0.05, 0) is 24.6 Å². The van der Waals surface area contributed by atoms with Crippen molar-refractivity contribution in [2.75, 3.05) is 6.61 Å². The van der Waals surface area contributed by atoms with Crippen LogP contribution in [0.5, 0.6) is 0 Å². The van der Waals surface area contributed by atoms with Crippen molar-refractivity contribution < 1.29 is 23.1 Å². The van der Waals surface area contributed by atoms with Crippen molar-refractivity contribution in [3.63, 3.8) is 0 Å². The molecule has 92 valence electrons. The zero-order valence-corrected chi connectivity index (χ0v) is 9.15. The van der Waals surface area contributed by atoms with Gasteiger partial charge >= 0.3 is 11.9 Å². The van der Waals surface area contributed by atoms with E-state index >= 15 is 0 Å². The average molecular weight is 243 g/mol. The molecule has 0 saturated carbocycles. The molecule has 6 heteroatoms. The summed E-state index contributed by atoms with van der Waals surface area (Å²) in [6, 6.07) is 2.86. The number of halogens is 2. The number of carbonyl (C=O) groups excluding carboxylic acids is 2. The Labute approximate surface area is 96.6 Å². The van der Waals surface area contributed by atoms with E-state index in [1.807, 2.05) is 0 Å². The van der Waals surface area contributed by atoms with Crippen molar-refractivity contribution in [2.24, 2.45) is 0 Å². The number of carbonyl (C=O) groups is 2. The van der Waals surface area contributed by atoms with E-state index in [4.69, 9.17) is 0 Å². The van der Waals surface area contributed by atoms with E-state index in [-0.39, 0.29) is 6.61 Å². The molecule has 0 N–H and O–H groups in total. The molecule has 1 aromatic heterocycles. The summed E-state index contributed by atoms with van der Waals surface area (Å²) in [6.45, 7) is 1.19. The van der Waals surface area contributed by atoms with E-state index in [1.54, 1.807) is 0 Å². The van der Waals surface area contributed by atoms with E-state index < -0.39 is 24.1 Å². The second kappa shape index (κ2) is 5.47. The molecule has 4 nitrogen and oxygen atoms in total. The number of nitrogens with zero attached hydrogens (tertiary/aromatic N) is 1. The number of esters is 1. The molecule has 0 aliphatic heterocycles. The predicted octanol–water partition coefficient (Wildman–Crippen LogP) is 1.39. The molecule has 0 unspecified atom stereocenters. The largest absolute Gasteiger partial charge is 0.461 e. The zero-order chi connectivity index (χ0) is 12.9. The Hall–Kier alpha value is -1.85. The van der Waals surface area contributed by atoms with Crippen LogP contribution >= 0.6 is 0 Å². The van der Waals surface area contributed by atoms with Crippen LogP contribution in [-0.2, 0) is 20.7 Å². The van der Waals surface area contributed by atoms with E-state index in [2.05, 4.69) is 9.72 Å². The normalized spacial score (nSPS) is 11.0. The highest BCUT2D eigenvalue weighted by Gasteiger charge is 2.48. The Morgan fingerprint density at radius 2 is 1.94 bits per heavy atom. The highest BCUT2D eigenvalue weighted by Crippen LogP contribution is 2.19. The van der Waals surface area contributed by atoms with Crippen LogP contribution in [0, 0.1) is 0 Å². The molecule has 0 radical (unpaired) electrons. The number of rotatable bonds is 5. The van der Waals surface area contributed by atoms with Crippen LogP contribution in [0.15, 0.2) is 24.5 Å². The Morgan fingerprint density at radius 1 is 1.35 bits per heavy atom. The van der Waals surface area contributed by atoms with Gasteiger partial charge in [-0.2, -0.15) is 8.78 Å². The average Bonchev–Trinajstić information content (AvgIpc) is 2.30. The molecule has 0 atom stereocenters. The molecule has 1 heterocycles. The van der Waals surface area contributed by atoms with E-state index in [0.717, 1.165) is 0 Å². The Bertz CT molecular complexity index is 406. The molecule has 1 rings (SSSR count). The number of pyridine rings is 1. The van der Waals surface area contributed by atoms with Gasteiger partial charge in [0.25, 0.3) is 0 Å². The summed E-state index contributed by atoms with van der Waals surface area (Å²) in [5.74, 6) is -7.39. The van der Waals surface area contributed by atoms with Gasteiger partial charge in [0.1, 0.15) is 0 Å². The summed E-state index contributed by atoms with van der Waals surface area (Å²) in [5.41, 5.74) is 0.369. The SMILES string of the molecule is CCOC(=O)C(F)(F)C(=O)Cc1ccncc1. The molecular formula is C11H11F2NO3. The van der Waals surface area contributed by atoms with Crippen LogP contribution < -0.4 is 0 Å². The molecule has 0 saturated heterocycles. The molecule has 0 aliphatic rings. The fourth-order valence-electron chi connectivity index (χ4n) is 1.13. The lowest BCUT2D eigenvalue weighted by atomic mass is 10.1. The maximum Gasteiger partial charge on any atom is 0.400 e. The zero-order valence-electron chi connectivity index (χ0n) is 9.15. The standard InChI is InChI=1S/C11H11F2NO3/c1-2-17-10(16)11(12,13)9(15)7-8-3-5-14-6-4-8/h3-6H,2,7H2,1H3. The van der Waals surface area contributed by atoms with Crippen molar-refractivity contribution >= 4 is 11.8 Å². The van der Waals surface area contributed by atoms with Crippen LogP contribution in [-0.4, -0.2) is 29.3 Å². The number of aromatic nitrogens is 1. The minimum absolute atomic E-state index is 0.197. The molecule has 0 amide bonds. The minimum atomic E-state index is -4.10. The highest BCUT2D eigenvalue weighted by atomic mass is 19.3. The monoisotopic (exact) mass is 243 g/mol. The first-order valence-electron chi connectivity index (χ1n) is 4.95. The smallest absolute Gasteiger partial charge is 0.400 e. The van der Waals surface area contributed by atoms with Crippen molar-refractivity contribution in [1.29, 1.82) is 0 Å². The van der Waals surface area contributed by atoms with Crippen LogP contribution in [0.1, 0.15) is 12.5 Å². The van der Waals surface area contributed by atoms with Crippen molar-refractivity contribution in [2.45, 2.75) is 19.3 Å². The molecule has 1 aromatic rings. The summed E-state index contributed by atoms with van der Waals surface area (Å²) in [7, 11) is 0. The van der Waals surface area contributed by atoms with Crippen LogP contribution in [0.3, 0.4) is 0 Å². The van der Waals surface area contributed by atoms with Crippen molar-refractivity contribution in [3.8, 4) is 0 Å². The lowest BCUT2D eigenvalue weighted by Gasteiger charge is -2.13. The Morgan fingerprint density at radius 3 is 2.47 bits per heavy atom. The summed E-state index contributed by atoms with van der Waals surface area (Å²) < 4.78 is 30.6. The fourth-order valence-corrected chi connectivity index (χ4v) is 1.13. The van der Waals surface area contributed by atoms with Crippen molar-refractivity contribution in [3.05, 3.63) is 30.1 Å². The first kappa shape index (κ1) is 13.2. The van der Waals surface area contributed by atoms with Gasteiger partial charge in [-0.15, -0.1) is 0 Å². The third-order valence-electron chi connectivity index (χ3n) is 2.00. The maximum atomic E-state index is 13.2. The highest BCUT2D eigenvalue weighted by molar-refractivity contribution is 6.05. The second-order valence-corrected chi connectivity index (χ2v) is 3.25. The van der Waals surface area contributed by atoms with Gasteiger partial charge in [0, 0.05) is 18.8 Å². The van der Waals surface area contributed by atoms with Gasteiger partial charge < -0.3 is 4.74 Å². The summed E-state index contributed by atoms with van der Waals surface area (Å²) in [4.78, 5) is 25.9. The summed E-state index contributed by atoms with van der Waals surface area (Å²) >= 11 is 0. The lowest BCUT2D eigenvalue weighted by Crippen LogP contribution is -2.40. The molecule has 0 bridgehead atoms. The van der Waals surface area contributed by atoms with E-state index in [1.165, 1.54) is 31.5 Å². The van der Waals surface area contributed by atoms with E-state index in [9.17, 15) is 18.4 Å². The molecule has 0 aliphatic carbocycles. The first-order chi connectivity index (χ1) is 7.98. The topological polar surface area (TPSA) is 56.3 Å². The second-order valence-electron chi connectivity index (χ2n) is 3.25. The van der Waals surface area contributed by atoms with Gasteiger partial charge in [-0.3, -0.25) is 9.78 Å². The van der Waals surface area contributed by atoms with Gasteiger partial charge in [0.15, 0.2) is 0 Å². The van der Waals surface area contributed by atoms with Crippen molar-refractivity contribution in [1.82, 2.24) is 4.98 Å². The molecular weight excluding hydrogens is 232 g/mol. The maximum absolute atomic E-state index is 13.2. The van der Waals surface area contributed by atoms with Gasteiger partial charge in [0.05, 0.1) is 6.61 Å². The number of Topliss-reactive ketones (excluding diaryl/α,β-unsaturated/α-hetero) is 1. The molecule has 0 fully saturated rings. The van der Waals surface area contributed by atoms with Gasteiger partial charge in [-0.25, -0.2) is 4.79 Å². The summed E-state index contributed by atoms with van der Waals surface area (Å²) in [6.07, 6.45) is 2.23. The third-order valence-corrected chi connectivity index (χ3v) is 2.00. The fraction of sp³-hybridized carbons (Fsp3) is 0.364. The Balaban J connectivity index is 2.73. The number of ketones is 1. The number of hydrogen-bond acceptors (Lipinski definition) is 4. The number of ether oxygens (including phenoxy) is 1. The molecule has 17 heavy (non-hydrogen) atoms. The summed E-state index contributed by atoms with van der Waals surface area (Å²) in [5, 5.41) is 0. The minimum Gasteiger partial charge on any atom is -0.461 e. The lowest BCUT2D eigenvalue weighted by molar-refractivity contribution is -0.176. The van der Waals surface area contributed by atoms with E-state index in [0.29, 0.717) is 5.56 Å². The van der Waals surface area contributed by atoms with Crippen LogP contribution in [0.2, 0.25) is 0 Å². The van der Waals surface area contributed by atoms with Gasteiger partial charge in [-0.1, -0.05) is 0 Å². The first-order valence-corrected chi connectivity index (χ1v) is 4.95. The predicted molar refractivity (Wildman–Crippen MR) is 54.5 cm³/mol. The van der Waals surface area contributed by atoms with Gasteiger partial charge in [0.2, 0.25) is 5.78 Å². The van der Waals surface area contributed by atoms with Crippen LogP contribution in [0.4, 0.5) is 8.78 Å². The quantitative estimate of drug-likeness (QED) is 0.579. The number of hydrogen-bond donors (Lipinski definition) is 0. The Kier molecular flexibility index (Phi) is 4.25. The van der Waals surface area contributed by atoms with Crippen LogP contribution in [0.25, 0.3) is 0 Å². The number of alkyl halides is 2. The third kappa shape index (κ3) is 3.30. The molecule has 0 spiro atoms.